The topological polar surface area (TPSA) is 12.0 Å². The van der Waals surface area contributed by atoms with Crippen LogP contribution in [0.1, 0.15) is 32.3 Å². The van der Waals surface area contributed by atoms with Gasteiger partial charge in [-0.3, -0.25) is 0 Å². The first-order chi connectivity index (χ1) is 9.65. The largest absolute Gasteiger partial charge is 0.384 e. The monoisotopic (exact) mass is 285 g/mol. The molecule has 0 saturated heterocycles. The number of rotatable bonds is 6. The smallest absolute Gasteiger partial charge is 0.0340 e. The fraction of sp³-hybridized carbons (Fsp3) is 0.333. The summed E-state index contributed by atoms with van der Waals surface area (Å²) in [6.45, 7) is 7.70. The van der Waals surface area contributed by atoms with Gasteiger partial charge in [-0.1, -0.05) is 51.1 Å². The summed E-state index contributed by atoms with van der Waals surface area (Å²) >= 11 is 1.92. The van der Waals surface area contributed by atoms with Crippen molar-refractivity contribution in [1.82, 2.24) is 0 Å². The van der Waals surface area contributed by atoms with Crippen LogP contribution in [-0.4, -0.2) is 11.8 Å². The molecule has 106 valence electrons. The molecule has 1 nitrogen and oxygen atoms in total. The van der Waals surface area contributed by atoms with Crippen LogP contribution in [0.3, 0.4) is 0 Å². The van der Waals surface area contributed by atoms with Gasteiger partial charge >= 0.3 is 0 Å². The summed E-state index contributed by atoms with van der Waals surface area (Å²) in [7, 11) is 0. The van der Waals surface area contributed by atoms with E-state index in [4.69, 9.17) is 0 Å². The quantitative estimate of drug-likeness (QED) is 0.713. The van der Waals surface area contributed by atoms with E-state index in [0.717, 1.165) is 6.54 Å². The lowest BCUT2D eigenvalue weighted by molar-refractivity contribution is 0.864. The molecular weight excluding hydrogens is 262 g/mol. The standard InChI is InChI=1S/C18H23NS/c1-14(2)16-9-11-18(12-10-16)20-15(3)13-19-17-7-5-4-6-8-17/h4-12,14-15,19H,13H2,1-3H3. The molecule has 20 heavy (non-hydrogen) atoms. The van der Waals surface area contributed by atoms with E-state index in [0.29, 0.717) is 11.2 Å². The van der Waals surface area contributed by atoms with Crippen molar-refractivity contribution in [2.75, 3.05) is 11.9 Å². The molecule has 2 aromatic carbocycles. The van der Waals surface area contributed by atoms with Crippen molar-refractivity contribution in [1.29, 1.82) is 0 Å². The normalized spacial score (nSPS) is 12.4. The van der Waals surface area contributed by atoms with Crippen LogP contribution in [0.15, 0.2) is 59.5 Å². The highest BCUT2D eigenvalue weighted by Crippen LogP contribution is 2.25. The highest BCUT2D eigenvalue weighted by Gasteiger charge is 2.05. The average molecular weight is 285 g/mol. The highest BCUT2D eigenvalue weighted by molar-refractivity contribution is 8.00. The summed E-state index contributed by atoms with van der Waals surface area (Å²) in [5, 5.41) is 4.02. The number of hydrogen-bond acceptors (Lipinski definition) is 2. The predicted octanol–water partition coefficient (Wildman–Crippen LogP) is 5.40. The Bertz CT molecular complexity index is 505. The van der Waals surface area contributed by atoms with Gasteiger partial charge in [-0.05, 0) is 35.7 Å². The fourth-order valence-electron chi connectivity index (χ4n) is 2.02. The van der Waals surface area contributed by atoms with E-state index in [2.05, 4.69) is 74.6 Å². The summed E-state index contributed by atoms with van der Waals surface area (Å²) in [5.74, 6) is 0.603. The van der Waals surface area contributed by atoms with Gasteiger partial charge in [-0.25, -0.2) is 0 Å². The van der Waals surface area contributed by atoms with Gasteiger partial charge in [0.1, 0.15) is 0 Å². The van der Waals surface area contributed by atoms with Gasteiger partial charge in [-0.2, -0.15) is 0 Å². The minimum absolute atomic E-state index is 0.542. The molecule has 0 aliphatic heterocycles. The molecule has 2 rings (SSSR count). The van der Waals surface area contributed by atoms with E-state index < -0.39 is 0 Å². The maximum absolute atomic E-state index is 3.47. The molecule has 2 aromatic rings. The zero-order valence-corrected chi connectivity index (χ0v) is 13.3. The molecule has 0 saturated carbocycles. The first kappa shape index (κ1) is 15.0. The first-order valence-electron chi connectivity index (χ1n) is 7.20. The maximum atomic E-state index is 3.47. The van der Waals surface area contributed by atoms with Crippen LogP contribution >= 0.6 is 11.8 Å². The van der Waals surface area contributed by atoms with Crippen LogP contribution in [0.4, 0.5) is 5.69 Å². The predicted molar refractivity (Wildman–Crippen MR) is 90.8 cm³/mol. The van der Waals surface area contributed by atoms with Crippen molar-refractivity contribution in [3.05, 3.63) is 60.2 Å². The lowest BCUT2D eigenvalue weighted by Gasteiger charge is -2.14. The lowest BCUT2D eigenvalue weighted by atomic mass is 10.0. The molecule has 0 heterocycles. The van der Waals surface area contributed by atoms with Crippen molar-refractivity contribution in [2.45, 2.75) is 36.8 Å². The third-order valence-corrected chi connectivity index (χ3v) is 4.36. The Kier molecular flexibility index (Phi) is 5.54. The number of thioether (sulfide) groups is 1. The summed E-state index contributed by atoms with van der Waals surface area (Å²) in [6, 6.07) is 19.3. The van der Waals surface area contributed by atoms with E-state index in [-0.39, 0.29) is 0 Å². The van der Waals surface area contributed by atoms with Gasteiger partial charge in [0.05, 0.1) is 0 Å². The minimum atomic E-state index is 0.542. The van der Waals surface area contributed by atoms with Gasteiger partial charge in [-0.15, -0.1) is 11.8 Å². The molecule has 0 radical (unpaired) electrons. The molecule has 1 unspecified atom stereocenters. The van der Waals surface area contributed by atoms with Crippen molar-refractivity contribution < 1.29 is 0 Å². The van der Waals surface area contributed by atoms with Crippen LogP contribution in [-0.2, 0) is 0 Å². The molecule has 1 atom stereocenters. The van der Waals surface area contributed by atoms with E-state index in [1.807, 2.05) is 17.8 Å². The van der Waals surface area contributed by atoms with Crippen LogP contribution in [0.5, 0.6) is 0 Å². The molecule has 0 aliphatic carbocycles. The van der Waals surface area contributed by atoms with Crippen molar-refractivity contribution in [3.63, 3.8) is 0 Å². The molecule has 2 heteroatoms. The maximum Gasteiger partial charge on any atom is 0.0340 e. The zero-order valence-electron chi connectivity index (χ0n) is 12.5. The molecule has 0 spiro atoms. The van der Waals surface area contributed by atoms with Crippen LogP contribution in [0, 0.1) is 0 Å². The Morgan fingerprint density at radius 2 is 1.55 bits per heavy atom. The molecule has 0 amide bonds. The molecule has 0 aliphatic rings. The fourth-order valence-corrected chi connectivity index (χ4v) is 2.95. The van der Waals surface area contributed by atoms with Crippen LogP contribution in [0.2, 0.25) is 0 Å². The molecule has 0 bridgehead atoms. The summed E-state index contributed by atoms with van der Waals surface area (Å²) in [6.07, 6.45) is 0. The number of para-hydroxylation sites is 1. The number of hydrogen-bond donors (Lipinski definition) is 1. The Morgan fingerprint density at radius 1 is 0.900 bits per heavy atom. The summed E-state index contributed by atoms with van der Waals surface area (Å²) in [5.41, 5.74) is 2.60. The van der Waals surface area contributed by atoms with Crippen molar-refractivity contribution >= 4 is 17.4 Å². The second kappa shape index (κ2) is 7.39. The van der Waals surface area contributed by atoms with Gasteiger partial charge in [0.25, 0.3) is 0 Å². The average Bonchev–Trinajstić information content (AvgIpc) is 2.47. The number of nitrogens with one attached hydrogen (secondary N) is 1. The Balaban J connectivity index is 1.83. The van der Waals surface area contributed by atoms with E-state index in [1.54, 1.807) is 0 Å². The summed E-state index contributed by atoms with van der Waals surface area (Å²) in [4.78, 5) is 1.34. The Morgan fingerprint density at radius 3 is 2.15 bits per heavy atom. The van der Waals surface area contributed by atoms with Gasteiger partial charge in [0, 0.05) is 22.4 Å². The zero-order chi connectivity index (χ0) is 14.4. The molecule has 1 N–H and O–H groups in total. The summed E-state index contributed by atoms with van der Waals surface area (Å²) < 4.78 is 0. The van der Waals surface area contributed by atoms with E-state index >= 15 is 0 Å². The lowest BCUT2D eigenvalue weighted by Crippen LogP contribution is -2.12. The van der Waals surface area contributed by atoms with Gasteiger partial charge in [0.15, 0.2) is 0 Å². The van der Waals surface area contributed by atoms with E-state index in [9.17, 15) is 0 Å². The Labute approximate surface area is 126 Å². The van der Waals surface area contributed by atoms with Crippen molar-refractivity contribution in [3.8, 4) is 0 Å². The molecular formula is C18H23NS. The van der Waals surface area contributed by atoms with Crippen molar-refractivity contribution in [2.24, 2.45) is 0 Å². The van der Waals surface area contributed by atoms with Gasteiger partial charge < -0.3 is 5.32 Å². The SMILES string of the molecule is CC(CNc1ccccc1)Sc1ccc(C(C)C)cc1. The number of anilines is 1. The molecule has 0 aromatic heterocycles. The Hall–Kier alpha value is -1.41. The first-order valence-corrected chi connectivity index (χ1v) is 8.08. The van der Waals surface area contributed by atoms with Gasteiger partial charge in [0.2, 0.25) is 0 Å². The number of benzene rings is 2. The van der Waals surface area contributed by atoms with E-state index in [1.165, 1.54) is 16.1 Å². The third kappa shape index (κ3) is 4.61. The van der Waals surface area contributed by atoms with Crippen LogP contribution < -0.4 is 5.32 Å². The molecule has 0 fully saturated rings. The second-order valence-electron chi connectivity index (χ2n) is 5.40. The third-order valence-electron chi connectivity index (χ3n) is 3.25. The second-order valence-corrected chi connectivity index (χ2v) is 6.91. The van der Waals surface area contributed by atoms with Crippen LogP contribution in [0.25, 0.3) is 0 Å². The minimum Gasteiger partial charge on any atom is -0.384 e. The highest BCUT2D eigenvalue weighted by atomic mass is 32.2.